The maximum atomic E-state index is 12.0. The van der Waals surface area contributed by atoms with Gasteiger partial charge in [0.05, 0.1) is 5.56 Å². The van der Waals surface area contributed by atoms with E-state index < -0.39 is 0 Å². The Morgan fingerprint density at radius 3 is 1.88 bits per heavy atom. The van der Waals surface area contributed by atoms with E-state index in [0.29, 0.717) is 23.3 Å². The van der Waals surface area contributed by atoms with E-state index in [9.17, 15) is 4.79 Å². The number of para-hydroxylation sites is 1. The average Bonchev–Trinajstić information content (AvgIpc) is 2.54. The number of nitrogens with zero attached hydrogens (tertiary/aromatic N) is 2. The molecule has 5 heteroatoms. The fraction of sp³-hybridized carbons (Fsp3) is 0.450. The second kappa shape index (κ2) is 8.10. The van der Waals surface area contributed by atoms with Crippen molar-refractivity contribution >= 4 is 17.5 Å². The van der Waals surface area contributed by atoms with Crippen LogP contribution in [0.15, 0.2) is 30.6 Å². The molecule has 2 rings (SSSR count). The highest BCUT2D eigenvalue weighted by atomic mass is 16.1. The van der Waals surface area contributed by atoms with E-state index in [4.69, 9.17) is 0 Å². The maximum Gasteiger partial charge on any atom is 0.254 e. The van der Waals surface area contributed by atoms with Crippen molar-refractivity contribution in [3.8, 4) is 0 Å². The van der Waals surface area contributed by atoms with Gasteiger partial charge in [-0.2, -0.15) is 0 Å². The Labute approximate surface area is 150 Å². The summed E-state index contributed by atoms with van der Waals surface area (Å²) in [6.45, 7) is 12.5. The maximum absolute atomic E-state index is 12.0. The zero-order valence-corrected chi connectivity index (χ0v) is 15.9. The number of carbonyl (C=O) groups excluding carboxylic acids is 1. The van der Waals surface area contributed by atoms with Crippen LogP contribution in [-0.2, 0) is 0 Å². The van der Waals surface area contributed by atoms with Crippen LogP contribution in [-0.4, -0.2) is 21.9 Å². The largest absolute Gasteiger partial charge is 0.350 e. The zero-order valence-electron chi connectivity index (χ0n) is 15.9. The van der Waals surface area contributed by atoms with Crippen molar-refractivity contribution in [2.24, 2.45) is 0 Å². The lowest BCUT2D eigenvalue weighted by atomic mass is 9.93. The van der Waals surface area contributed by atoms with Gasteiger partial charge in [-0.1, -0.05) is 45.9 Å². The predicted octanol–water partition coefficient (Wildman–Crippen LogP) is 4.61. The summed E-state index contributed by atoms with van der Waals surface area (Å²) in [4.78, 5) is 20.6. The van der Waals surface area contributed by atoms with Crippen molar-refractivity contribution in [2.45, 2.75) is 59.4 Å². The summed E-state index contributed by atoms with van der Waals surface area (Å²) >= 11 is 0. The number of carbonyl (C=O) groups is 1. The van der Waals surface area contributed by atoms with Crippen molar-refractivity contribution in [3.63, 3.8) is 0 Å². The Morgan fingerprint density at radius 2 is 1.44 bits per heavy atom. The van der Waals surface area contributed by atoms with Gasteiger partial charge in [0.15, 0.2) is 0 Å². The number of benzene rings is 1. The number of nitrogens with one attached hydrogen (secondary N) is 2. The highest BCUT2D eigenvalue weighted by molar-refractivity contribution is 5.93. The SMILES string of the molecule is CC(C)NC(=O)c1cnc(Nc2c(C(C)C)cccc2C(C)C)nc1. The molecule has 1 aromatic carbocycles. The highest BCUT2D eigenvalue weighted by Gasteiger charge is 2.15. The minimum atomic E-state index is -0.160. The predicted molar refractivity (Wildman–Crippen MR) is 103 cm³/mol. The first kappa shape index (κ1) is 18.9. The molecule has 0 atom stereocenters. The van der Waals surface area contributed by atoms with Gasteiger partial charge in [-0.25, -0.2) is 9.97 Å². The van der Waals surface area contributed by atoms with Gasteiger partial charge in [-0.05, 0) is 36.8 Å². The van der Waals surface area contributed by atoms with Gasteiger partial charge in [-0.3, -0.25) is 4.79 Å². The van der Waals surface area contributed by atoms with Crippen molar-refractivity contribution < 1.29 is 4.79 Å². The Hall–Kier alpha value is -2.43. The highest BCUT2D eigenvalue weighted by Crippen LogP contribution is 2.33. The lowest BCUT2D eigenvalue weighted by Crippen LogP contribution is -2.30. The molecule has 0 bridgehead atoms. The van der Waals surface area contributed by atoms with Crippen LogP contribution < -0.4 is 10.6 Å². The van der Waals surface area contributed by atoms with Crippen LogP contribution in [0.1, 0.15) is 74.9 Å². The van der Waals surface area contributed by atoms with Crippen LogP contribution in [0, 0.1) is 0 Å². The van der Waals surface area contributed by atoms with E-state index in [1.54, 1.807) is 12.4 Å². The van der Waals surface area contributed by atoms with Crippen LogP contribution in [0.5, 0.6) is 0 Å². The van der Waals surface area contributed by atoms with Crippen LogP contribution in [0.2, 0.25) is 0 Å². The molecule has 0 aliphatic heterocycles. The molecule has 134 valence electrons. The number of hydrogen-bond donors (Lipinski definition) is 2. The lowest BCUT2D eigenvalue weighted by Gasteiger charge is -2.20. The van der Waals surface area contributed by atoms with Crippen LogP contribution >= 0.6 is 0 Å². The van der Waals surface area contributed by atoms with E-state index in [1.165, 1.54) is 11.1 Å². The van der Waals surface area contributed by atoms with Crippen molar-refractivity contribution in [1.82, 2.24) is 15.3 Å². The van der Waals surface area contributed by atoms with Gasteiger partial charge in [-0.15, -0.1) is 0 Å². The van der Waals surface area contributed by atoms with E-state index in [0.717, 1.165) is 5.69 Å². The summed E-state index contributed by atoms with van der Waals surface area (Å²) in [5, 5.41) is 6.19. The second-order valence-corrected chi connectivity index (χ2v) is 7.17. The first-order valence-electron chi connectivity index (χ1n) is 8.82. The Kier molecular flexibility index (Phi) is 6.12. The number of hydrogen-bond acceptors (Lipinski definition) is 4. The summed E-state index contributed by atoms with van der Waals surface area (Å²) < 4.78 is 0. The summed E-state index contributed by atoms with van der Waals surface area (Å²) in [7, 11) is 0. The Bertz CT molecular complexity index is 695. The minimum absolute atomic E-state index is 0.0804. The molecule has 2 aromatic rings. The van der Waals surface area contributed by atoms with Crippen molar-refractivity contribution in [1.29, 1.82) is 0 Å². The average molecular weight is 340 g/mol. The first-order valence-corrected chi connectivity index (χ1v) is 8.82. The molecule has 0 spiro atoms. The van der Waals surface area contributed by atoms with Crippen LogP contribution in [0.3, 0.4) is 0 Å². The fourth-order valence-corrected chi connectivity index (χ4v) is 2.66. The molecule has 5 nitrogen and oxygen atoms in total. The van der Waals surface area contributed by atoms with E-state index >= 15 is 0 Å². The van der Waals surface area contributed by atoms with E-state index in [-0.39, 0.29) is 11.9 Å². The minimum Gasteiger partial charge on any atom is -0.350 e. The molecule has 0 aliphatic carbocycles. The van der Waals surface area contributed by atoms with Gasteiger partial charge in [0.2, 0.25) is 5.95 Å². The molecular weight excluding hydrogens is 312 g/mol. The quantitative estimate of drug-likeness (QED) is 0.806. The van der Waals surface area contributed by atoms with Gasteiger partial charge in [0, 0.05) is 24.1 Å². The van der Waals surface area contributed by atoms with Gasteiger partial charge < -0.3 is 10.6 Å². The van der Waals surface area contributed by atoms with E-state index in [2.05, 4.69) is 66.5 Å². The molecule has 0 saturated carbocycles. The molecule has 0 fully saturated rings. The summed E-state index contributed by atoms with van der Waals surface area (Å²) in [5.74, 6) is 1.11. The Balaban J connectivity index is 2.29. The van der Waals surface area contributed by atoms with Gasteiger partial charge in [0.1, 0.15) is 0 Å². The molecule has 0 radical (unpaired) electrons. The third-order valence-corrected chi connectivity index (χ3v) is 3.94. The monoisotopic (exact) mass is 340 g/mol. The number of anilines is 2. The summed E-state index contributed by atoms with van der Waals surface area (Å²) in [5.41, 5.74) is 3.99. The second-order valence-electron chi connectivity index (χ2n) is 7.17. The zero-order chi connectivity index (χ0) is 18.6. The molecule has 0 saturated heterocycles. The molecule has 1 aromatic heterocycles. The van der Waals surface area contributed by atoms with E-state index in [1.807, 2.05) is 13.8 Å². The molecular formula is C20H28N4O. The standard InChI is InChI=1S/C20H28N4O/c1-12(2)16-8-7-9-17(13(3)4)18(16)24-20-21-10-15(11-22-20)19(25)23-14(5)6/h7-14H,1-6H3,(H,23,25)(H,21,22,24). The number of amides is 1. The fourth-order valence-electron chi connectivity index (χ4n) is 2.66. The number of aromatic nitrogens is 2. The van der Waals surface area contributed by atoms with Crippen LogP contribution in [0.25, 0.3) is 0 Å². The van der Waals surface area contributed by atoms with Crippen LogP contribution in [0.4, 0.5) is 11.6 Å². The normalized spacial score (nSPS) is 11.2. The van der Waals surface area contributed by atoms with Crippen molar-refractivity contribution in [3.05, 3.63) is 47.3 Å². The number of rotatable bonds is 6. The molecule has 0 unspecified atom stereocenters. The smallest absolute Gasteiger partial charge is 0.254 e. The molecule has 25 heavy (non-hydrogen) atoms. The first-order chi connectivity index (χ1) is 11.8. The molecule has 2 N–H and O–H groups in total. The third-order valence-electron chi connectivity index (χ3n) is 3.94. The van der Waals surface area contributed by atoms with Gasteiger partial charge >= 0.3 is 0 Å². The molecule has 1 heterocycles. The summed E-state index contributed by atoms with van der Waals surface area (Å²) in [6.07, 6.45) is 3.11. The third kappa shape index (κ3) is 4.78. The van der Waals surface area contributed by atoms with Gasteiger partial charge in [0.25, 0.3) is 5.91 Å². The summed E-state index contributed by atoms with van der Waals surface area (Å²) in [6, 6.07) is 6.43. The topological polar surface area (TPSA) is 66.9 Å². The molecule has 0 aliphatic rings. The Morgan fingerprint density at radius 1 is 0.920 bits per heavy atom. The lowest BCUT2D eigenvalue weighted by molar-refractivity contribution is 0.0942. The van der Waals surface area contributed by atoms with Crippen molar-refractivity contribution in [2.75, 3.05) is 5.32 Å². The molecule has 1 amide bonds.